The molecule has 1 nitrogen and oxygen atoms in total. The summed E-state index contributed by atoms with van der Waals surface area (Å²) >= 11 is 4.81. The number of halogens is 1. The largest absolute Gasteiger partial charge is 0.323 e. The van der Waals surface area contributed by atoms with Crippen LogP contribution in [0.4, 0.5) is 4.39 Å². The Morgan fingerprint density at radius 2 is 1.71 bits per heavy atom. The Morgan fingerprint density at radius 1 is 1.00 bits per heavy atom. The Hall–Kier alpha value is -1.48. The fraction of sp³-hybridized carbons (Fsp3) is 0. The summed E-state index contributed by atoms with van der Waals surface area (Å²) in [5.74, 6) is -0.385. The monoisotopic (exact) mass is 205 g/mol. The maximum absolute atomic E-state index is 13.4. The third-order valence-electron chi connectivity index (χ3n) is 1.96. The third kappa shape index (κ3) is 1.72. The highest BCUT2D eigenvalue weighted by Crippen LogP contribution is 2.20. The van der Waals surface area contributed by atoms with Crippen LogP contribution in [0.25, 0.3) is 11.1 Å². The van der Waals surface area contributed by atoms with Gasteiger partial charge < -0.3 is 4.98 Å². The van der Waals surface area contributed by atoms with E-state index in [0.29, 0.717) is 10.2 Å². The van der Waals surface area contributed by atoms with Gasteiger partial charge in [-0.2, -0.15) is 4.39 Å². The fourth-order valence-electron chi connectivity index (χ4n) is 1.29. The van der Waals surface area contributed by atoms with Crippen molar-refractivity contribution in [3.8, 4) is 11.1 Å². The van der Waals surface area contributed by atoms with Crippen LogP contribution in [0.1, 0.15) is 0 Å². The van der Waals surface area contributed by atoms with Gasteiger partial charge in [0.15, 0.2) is 5.95 Å². The molecule has 1 heterocycles. The SMILES string of the molecule is Fc1[nH]c(=S)ccc1-c1ccccc1. The van der Waals surface area contributed by atoms with Crippen molar-refractivity contribution in [3.05, 3.63) is 53.1 Å². The lowest BCUT2D eigenvalue weighted by Crippen LogP contribution is -1.88. The molecule has 2 aromatic rings. The second kappa shape index (κ2) is 3.72. The van der Waals surface area contributed by atoms with Crippen molar-refractivity contribution in [2.45, 2.75) is 0 Å². The summed E-state index contributed by atoms with van der Waals surface area (Å²) in [5.41, 5.74) is 1.38. The maximum Gasteiger partial charge on any atom is 0.199 e. The second-order valence-corrected chi connectivity index (χ2v) is 3.36. The molecule has 14 heavy (non-hydrogen) atoms. The molecule has 0 radical (unpaired) electrons. The number of pyridine rings is 1. The highest BCUT2D eigenvalue weighted by atomic mass is 32.1. The van der Waals surface area contributed by atoms with Crippen LogP contribution in [0.2, 0.25) is 0 Å². The molecule has 70 valence electrons. The van der Waals surface area contributed by atoms with Gasteiger partial charge in [-0.25, -0.2) is 0 Å². The van der Waals surface area contributed by atoms with Crippen LogP contribution in [0.3, 0.4) is 0 Å². The van der Waals surface area contributed by atoms with Gasteiger partial charge in [-0.05, 0) is 17.7 Å². The normalized spacial score (nSPS) is 10.1. The molecule has 0 aliphatic carbocycles. The van der Waals surface area contributed by atoms with Crippen molar-refractivity contribution in [2.24, 2.45) is 0 Å². The molecule has 0 spiro atoms. The molecule has 1 aromatic heterocycles. The molecule has 0 aliphatic heterocycles. The molecule has 0 amide bonds. The summed E-state index contributed by atoms with van der Waals surface area (Å²) in [6, 6.07) is 12.7. The Labute approximate surface area is 86.2 Å². The zero-order valence-corrected chi connectivity index (χ0v) is 8.14. The number of aromatic amines is 1. The lowest BCUT2D eigenvalue weighted by atomic mass is 10.1. The van der Waals surface area contributed by atoms with Crippen molar-refractivity contribution in [1.82, 2.24) is 4.98 Å². The summed E-state index contributed by atoms with van der Waals surface area (Å²) in [5, 5.41) is 0. The van der Waals surface area contributed by atoms with E-state index in [1.54, 1.807) is 12.1 Å². The molecule has 0 atom stereocenters. The standard InChI is InChI=1S/C11H8FNS/c12-11-9(6-7-10(14)13-11)8-4-2-1-3-5-8/h1-7H,(H,13,14). The molecule has 0 saturated carbocycles. The van der Waals surface area contributed by atoms with Crippen LogP contribution >= 0.6 is 12.2 Å². The number of aromatic nitrogens is 1. The van der Waals surface area contributed by atoms with Crippen LogP contribution in [0.15, 0.2) is 42.5 Å². The van der Waals surface area contributed by atoms with Gasteiger partial charge in [-0.3, -0.25) is 0 Å². The van der Waals surface area contributed by atoms with Gasteiger partial charge >= 0.3 is 0 Å². The Morgan fingerprint density at radius 3 is 2.36 bits per heavy atom. The van der Waals surface area contributed by atoms with Gasteiger partial charge in [0.2, 0.25) is 0 Å². The smallest absolute Gasteiger partial charge is 0.199 e. The Balaban J connectivity index is 2.58. The van der Waals surface area contributed by atoms with Crippen molar-refractivity contribution in [1.29, 1.82) is 0 Å². The molecule has 0 bridgehead atoms. The predicted molar refractivity (Wildman–Crippen MR) is 57.0 cm³/mol. The summed E-state index contributed by atoms with van der Waals surface area (Å²) < 4.78 is 13.8. The minimum Gasteiger partial charge on any atom is -0.323 e. The first-order chi connectivity index (χ1) is 6.77. The van der Waals surface area contributed by atoms with Gasteiger partial charge in [-0.15, -0.1) is 0 Å². The number of rotatable bonds is 1. The van der Waals surface area contributed by atoms with Gasteiger partial charge in [0.1, 0.15) is 4.64 Å². The van der Waals surface area contributed by atoms with E-state index in [9.17, 15) is 4.39 Å². The topological polar surface area (TPSA) is 15.8 Å². The number of benzene rings is 1. The summed E-state index contributed by atoms with van der Waals surface area (Å²) in [7, 11) is 0. The van der Waals surface area contributed by atoms with E-state index in [-0.39, 0.29) is 5.95 Å². The number of hydrogen-bond donors (Lipinski definition) is 1. The average molecular weight is 205 g/mol. The van der Waals surface area contributed by atoms with Crippen molar-refractivity contribution >= 4 is 12.2 Å². The van der Waals surface area contributed by atoms with Gasteiger partial charge in [-0.1, -0.05) is 42.5 Å². The minimum absolute atomic E-state index is 0.385. The molecular formula is C11H8FNS. The van der Waals surface area contributed by atoms with Gasteiger partial charge in [0.05, 0.1) is 0 Å². The van der Waals surface area contributed by atoms with E-state index in [2.05, 4.69) is 4.98 Å². The average Bonchev–Trinajstić information content (AvgIpc) is 2.19. The van der Waals surface area contributed by atoms with Crippen molar-refractivity contribution in [2.75, 3.05) is 0 Å². The quantitative estimate of drug-likeness (QED) is 0.556. The summed E-state index contributed by atoms with van der Waals surface area (Å²) in [6.07, 6.45) is 0. The van der Waals surface area contributed by atoms with Gasteiger partial charge in [0, 0.05) is 5.56 Å². The molecule has 0 aliphatic rings. The molecule has 0 unspecified atom stereocenters. The molecule has 2 rings (SSSR count). The Bertz CT molecular complexity index is 490. The minimum atomic E-state index is -0.385. The molecule has 1 N–H and O–H groups in total. The van der Waals surface area contributed by atoms with E-state index in [4.69, 9.17) is 12.2 Å². The van der Waals surface area contributed by atoms with E-state index in [0.717, 1.165) is 5.56 Å². The second-order valence-electron chi connectivity index (χ2n) is 2.92. The molecule has 1 aromatic carbocycles. The van der Waals surface area contributed by atoms with Crippen LogP contribution in [0.5, 0.6) is 0 Å². The first-order valence-electron chi connectivity index (χ1n) is 4.21. The van der Waals surface area contributed by atoms with Crippen molar-refractivity contribution in [3.63, 3.8) is 0 Å². The van der Waals surface area contributed by atoms with Crippen LogP contribution in [-0.2, 0) is 0 Å². The van der Waals surface area contributed by atoms with Crippen LogP contribution in [0, 0.1) is 10.6 Å². The number of hydrogen-bond acceptors (Lipinski definition) is 1. The van der Waals surface area contributed by atoms with E-state index in [1.165, 1.54) is 0 Å². The predicted octanol–water partition coefficient (Wildman–Crippen LogP) is 3.55. The Kier molecular flexibility index (Phi) is 2.41. The lowest BCUT2D eigenvalue weighted by Gasteiger charge is -2.01. The van der Waals surface area contributed by atoms with E-state index in [1.807, 2.05) is 30.3 Å². The molecule has 0 saturated heterocycles. The maximum atomic E-state index is 13.4. The molecular weight excluding hydrogens is 197 g/mol. The first-order valence-corrected chi connectivity index (χ1v) is 4.62. The van der Waals surface area contributed by atoms with Gasteiger partial charge in [0.25, 0.3) is 0 Å². The highest BCUT2D eigenvalue weighted by molar-refractivity contribution is 7.71. The lowest BCUT2D eigenvalue weighted by molar-refractivity contribution is 0.586. The van der Waals surface area contributed by atoms with E-state index >= 15 is 0 Å². The zero-order valence-electron chi connectivity index (χ0n) is 7.33. The summed E-state index contributed by atoms with van der Waals surface area (Å²) in [6.45, 7) is 0. The highest BCUT2D eigenvalue weighted by Gasteiger charge is 2.02. The van der Waals surface area contributed by atoms with Crippen molar-refractivity contribution < 1.29 is 4.39 Å². The molecule has 0 fully saturated rings. The van der Waals surface area contributed by atoms with Crippen LogP contribution < -0.4 is 0 Å². The number of nitrogens with one attached hydrogen (secondary N) is 1. The third-order valence-corrected chi connectivity index (χ3v) is 2.19. The van der Waals surface area contributed by atoms with Crippen LogP contribution in [-0.4, -0.2) is 4.98 Å². The summed E-state index contributed by atoms with van der Waals surface area (Å²) in [4.78, 5) is 2.49. The fourth-order valence-corrected chi connectivity index (χ4v) is 1.45. The number of H-pyrrole nitrogens is 1. The molecule has 3 heteroatoms. The zero-order chi connectivity index (χ0) is 9.97. The van der Waals surface area contributed by atoms with E-state index < -0.39 is 0 Å². The first kappa shape index (κ1) is 9.09.